The standard InChI is InChI=1S/C37H30N2/c1-28-9-8-14-34(27-28)38-33-19-25-37(26-20-33)39(35-21-15-31(16-22-35)29-10-4-2-5-11-29)36-23-17-32(18-24-36)30-12-6-3-7-13-30/h2-27,38H,1H3. The Morgan fingerprint density at radius 1 is 0.385 bits per heavy atom. The number of benzene rings is 6. The highest BCUT2D eigenvalue weighted by atomic mass is 15.1. The van der Waals surface area contributed by atoms with Crippen LogP contribution in [0.2, 0.25) is 0 Å². The van der Waals surface area contributed by atoms with Gasteiger partial charge in [-0.3, -0.25) is 0 Å². The highest BCUT2D eigenvalue weighted by molar-refractivity contribution is 5.80. The van der Waals surface area contributed by atoms with Crippen LogP contribution in [0.4, 0.5) is 28.4 Å². The van der Waals surface area contributed by atoms with Gasteiger partial charge in [-0.2, -0.15) is 0 Å². The molecule has 2 heteroatoms. The summed E-state index contributed by atoms with van der Waals surface area (Å²) >= 11 is 0. The molecule has 2 nitrogen and oxygen atoms in total. The molecule has 6 rings (SSSR count). The van der Waals surface area contributed by atoms with Gasteiger partial charge >= 0.3 is 0 Å². The van der Waals surface area contributed by atoms with Crippen molar-refractivity contribution >= 4 is 28.4 Å². The van der Waals surface area contributed by atoms with E-state index < -0.39 is 0 Å². The van der Waals surface area contributed by atoms with Crippen molar-refractivity contribution < 1.29 is 0 Å². The van der Waals surface area contributed by atoms with Gasteiger partial charge in [-0.15, -0.1) is 0 Å². The number of hydrogen-bond acceptors (Lipinski definition) is 2. The molecule has 0 aliphatic heterocycles. The normalized spacial score (nSPS) is 10.7. The summed E-state index contributed by atoms with van der Waals surface area (Å²) in [6, 6.07) is 55.7. The van der Waals surface area contributed by atoms with Crippen LogP contribution in [0.3, 0.4) is 0 Å². The van der Waals surface area contributed by atoms with E-state index in [9.17, 15) is 0 Å². The molecule has 6 aromatic carbocycles. The van der Waals surface area contributed by atoms with Crippen molar-refractivity contribution in [3.63, 3.8) is 0 Å². The first-order valence-electron chi connectivity index (χ1n) is 13.3. The second kappa shape index (κ2) is 11.1. The van der Waals surface area contributed by atoms with Gasteiger partial charge in [-0.05, 0) is 95.4 Å². The fraction of sp³-hybridized carbons (Fsp3) is 0.0270. The van der Waals surface area contributed by atoms with Gasteiger partial charge < -0.3 is 10.2 Å². The van der Waals surface area contributed by atoms with Gasteiger partial charge in [0, 0.05) is 28.4 Å². The minimum atomic E-state index is 1.06. The molecule has 0 aliphatic carbocycles. The van der Waals surface area contributed by atoms with Crippen LogP contribution in [0, 0.1) is 6.92 Å². The minimum absolute atomic E-state index is 1.06. The van der Waals surface area contributed by atoms with E-state index in [1.807, 2.05) is 0 Å². The van der Waals surface area contributed by atoms with Crippen LogP contribution in [0.15, 0.2) is 158 Å². The number of rotatable bonds is 7. The molecule has 0 bridgehead atoms. The summed E-state index contributed by atoms with van der Waals surface area (Å²) in [7, 11) is 0. The predicted molar refractivity (Wildman–Crippen MR) is 166 cm³/mol. The molecule has 0 saturated carbocycles. The van der Waals surface area contributed by atoms with Gasteiger partial charge in [0.15, 0.2) is 0 Å². The van der Waals surface area contributed by atoms with Crippen LogP contribution in [-0.2, 0) is 0 Å². The third-order valence-electron chi connectivity index (χ3n) is 6.90. The molecule has 0 heterocycles. The predicted octanol–water partition coefficient (Wildman–Crippen LogP) is 10.5. The fourth-order valence-corrected chi connectivity index (χ4v) is 4.90. The Bertz CT molecular complexity index is 1560. The Morgan fingerprint density at radius 2 is 0.821 bits per heavy atom. The average Bonchev–Trinajstić information content (AvgIpc) is 3.00. The zero-order valence-corrected chi connectivity index (χ0v) is 22.0. The van der Waals surface area contributed by atoms with Gasteiger partial charge in [-0.1, -0.05) is 97.1 Å². The zero-order valence-electron chi connectivity index (χ0n) is 22.0. The Hall–Kier alpha value is -5.08. The van der Waals surface area contributed by atoms with Crippen LogP contribution in [0.5, 0.6) is 0 Å². The van der Waals surface area contributed by atoms with E-state index in [4.69, 9.17) is 0 Å². The lowest BCUT2D eigenvalue weighted by molar-refractivity contribution is 1.28. The Morgan fingerprint density at radius 3 is 1.28 bits per heavy atom. The van der Waals surface area contributed by atoms with Crippen LogP contribution < -0.4 is 10.2 Å². The van der Waals surface area contributed by atoms with Gasteiger partial charge in [-0.25, -0.2) is 0 Å². The molecule has 0 saturated heterocycles. The van der Waals surface area contributed by atoms with Crippen LogP contribution in [0.1, 0.15) is 5.56 Å². The Labute approximate surface area is 230 Å². The first-order valence-corrected chi connectivity index (χ1v) is 13.3. The zero-order chi connectivity index (χ0) is 26.4. The molecular weight excluding hydrogens is 472 g/mol. The van der Waals surface area contributed by atoms with Crippen LogP contribution in [0.25, 0.3) is 22.3 Å². The van der Waals surface area contributed by atoms with Gasteiger partial charge in [0.05, 0.1) is 0 Å². The molecule has 0 aromatic heterocycles. The van der Waals surface area contributed by atoms with E-state index in [2.05, 4.69) is 175 Å². The lowest BCUT2D eigenvalue weighted by atomic mass is 10.0. The molecular formula is C37H30N2. The SMILES string of the molecule is Cc1cccc(Nc2ccc(N(c3ccc(-c4ccccc4)cc3)c3ccc(-c4ccccc4)cc3)cc2)c1. The molecule has 0 unspecified atom stereocenters. The third kappa shape index (κ3) is 5.61. The van der Waals surface area contributed by atoms with E-state index >= 15 is 0 Å². The quantitative estimate of drug-likeness (QED) is 0.233. The number of nitrogens with zero attached hydrogens (tertiary/aromatic N) is 1. The van der Waals surface area contributed by atoms with Gasteiger partial charge in [0.25, 0.3) is 0 Å². The molecule has 0 fully saturated rings. The summed E-state index contributed by atoms with van der Waals surface area (Å²) in [6.07, 6.45) is 0. The second-order valence-corrected chi connectivity index (χ2v) is 9.70. The molecule has 0 spiro atoms. The highest BCUT2D eigenvalue weighted by Crippen LogP contribution is 2.37. The smallest absolute Gasteiger partial charge is 0.0463 e. The molecule has 1 N–H and O–H groups in total. The molecule has 188 valence electrons. The second-order valence-electron chi connectivity index (χ2n) is 9.70. The van der Waals surface area contributed by atoms with Gasteiger partial charge in [0.2, 0.25) is 0 Å². The van der Waals surface area contributed by atoms with Crippen molar-refractivity contribution in [2.45, 2.75) is 6.92 Å². The van der Waals surface area contributed by atoms with E-state index in [0.29, 0.717) is 0 Å². The molecule has 39 heavy (non-hydrogen) atoms. The summed E-state index contributed by atoms with van der Waals surface area (Å²) in [5.74, 6) is 0. The summed E-state index contributed by atoms with van der Waals surface area (Å²) in [4.78, 5) is 2.31. The molecule has 0 radical (unpaired) electrons. The topological polar surface area (TPSA) is 15.3 Å². The number of anilines is 5. The molecule has 0 atom stereocenters. The summed E-state index contributed by atoms with van der Waals surface area (Å²) in [5, 5.41) is 3.52. The average molecular weight is 503 g/mol. The van der Waals surface area contributed by atoms with Crippen molar-refractivity contribution in [1.82, 2.24) is 0 Å². The Kier molecular flexibility index (Phi) is 6.92. The molecule has 0 aliphatic rings. The first-order chi connectivity index (χ1) is 19.2. The maximum atomic E-state index is 3.52. The van der Waals surface area contributed by atoms with Crippen molar-refractivity contribution in [3.8, 4) is 22.3 Å². The van der Waals surface area contributed by atoms with Gasteiger partial charge in [0.1, 0.15) is 0 Å². The molecule has 0 amide bonds. The number of nitrogens with one attached hydrogen (secondary N) is 1. The lowest BCUT2D eigenvalue weighted by Gasteiger charge is -2.26. The minimum Gasteiger partial charge on any atom is -0.356 e. The van der Waals surface area contributed by atoms with E-state index in [0.717, 1.165) is 28.4 Å². The summed E-state index contributed by atoms with van der Waals surface area (Å²) in [5.41, 5.74) is 11.6. The number of hydrogen-bond donors (Lipinski definition) is 1. The van der Waals surface area contributed by atoms with E-state index in [1.54, 1.807) is 0 Å². The van der Waals surface area contributed by atoms with E-state index in [-0.39, 0.29) is 0 Å². The fourth-order valence-electron chi connectivity index (χ4n) is 4.90. The maximum Gasteiger partial charge on any atom is 0.0463 e. The lowest BCUT2D eigenvalue weighted by Crippen LogP contribution is -2.10. The van der Waals surface area contributed by atoms with Crippen molar-refractivity contribution in [3.05, 3.63) is 163 Å². The number of aryl methyl sites for hydroxylation is 1. The molecule has 6 aromatic rings. The van der Waals surface area contributed by atoms with E-state index in [1.165, 1.54) is 27.8 Å². The van der Waals surface area contributed by atoms with Crippen molar-refractivity contribution in [1.29, 1.82) is 0 Å². The maximum absolute atomic E-state index is 3.52. The largest absolute Gasteiger partial charge is 0.356 e. The van der Waals surface area contributed by atoms with Crippen LogP contribution in [-0.4, -0.2) is 0 Å². The van der Waals surface area contributed by atoms with Crippen LogP contribution >= 0.6 is 0 Å². The summed E-state index contributed by atoms with van der Waals surface area (Å²) < 4.78 is 0. The third-order valence-corrected chi connectivity index (χ3v) is 6.90. The van der Waals surface area contributed by atoms with Crippen molar-refractivity contribution in [2.24, 2.45) is 0 Å². The first kappa shape index (κ1) is 24.3. The monoisotopic (exact) mass is 502 g/mol. The van der Waals surface area contributed by atoms with Crippen molar-refractivity contribution in [2.75, 3.05) is 10.2 Å². The highest BCUT2D eigenvalue weighted by Gasteiger charge is 2.13. The summed E-state index contributed by atoms with van der Waals surface area (Å²) in [6.45, 7) is 2.11. The Balaban J connectivity index is 1.34.